The van der Waals surface area contributed by atoms with E-state index in [4.69, 9.17) is 4.74 Å². The number of hydrogen-bond acceptors (Lipinski definition) is 4. The van der Waals surface area contributed by atoms with Crippen molar-refractivity contribution in [3.05, 3.63) is 64.5 Å². The van der Waals surface area contributed by atoms with E-state index in [-0.39, 0.29) is 16.8 Å². The van der Waals surface area contributed by atoms with Crippen molar-refractivity contribution < 1.29 is 9.72 Å². The van der Waals surface area contributed by atoms with Crippen LogP contribution in [0.25, 0.3) is 0 Å². The lowest BCUT2D eigenvalue weighted by atomic mass is 10.2. The Balaban J connectivity index is 2.18. The smallest absolute Gasteiger partial charge is 0.267 e. The highest BCUT2D eigenvalue weighted by Crippen LogP contribution is 2.63. The molecule has 1 aliphatic heterocycles. The highest BCUT2D eigenvalue weighted by molar-refractivity contribution is 7.73. The molecule has 1 aromatic heterocycles. The second kappa shape index (κ2) is 9.19. The molecule has 30 heavy (non-hydrogen) atoms. The topological polar surface area (TPSA) is 88.7 Å². The maximum absolute atomic E-state index is 13.3. The van der Waals surface area contributed by atoms with E-state index in [1.807, 2.05) is 12.1 Å². The Morgan fingerprint density at radius 1 is 1.03 bits per heavy atom. The Hall–Kier alpha value is -2.37. The van der Waals surface area contributed by atoms with E-state index in [0.29, 0.717) is 5.56 Å². The third kappa shape index (κ3) is 4.52. The quantitative estimate of drug-likeness (QED) is 0.377. The lowest BCUT2D eigenvalue weighted by Crippen LogP contribution is -2.37. The van der Waals surface area contributed by atoms with Crippen molar-refractivity contribution in [3.8, 4) is 0 Å². The van der Waals surface area contributed by atoms with Crippen molar-refractivity contribution in [1.82, 2.24) is 9.65 Å². The Morgan fingerprint density at radius 2 is 1.60 bits per heavy atom. The second-order valence-corrected chi connectivity index (χ2v) is 12.4. The lowest BCUT2D eigenvalue weighted by Gasteiger charge is -2.45. The minimum Gasteiger partial charge on any atom is -0.267 e. The predicted molar refractivity (Wildman–Crippen MR) is 120 cm³/mol. The van der Waals surface area contributed by atoms with Crippen LogP contribution in [-0.4, -0.2) is 38.7 Å². The van der Waals surface area contributed by atoms with Crippen LogP contribution in [0.5, 0.6) is 0 Å². The van der Waals surface area contributed by atoms with Crippen molar-refractivity contribution >= 4 is 24.1 Å². The molecule has 160 valence electrons. The molecular formula is C22H29N4O3P. The Morgan fingerprint density at radius 3 is 2.10 bits per heavy atom. The Bertz CT molecular complexity index is 945. The third-order valence-electron chi connectivity index (χ3n) is 5.51. The fourth-order valence-electron chi connectivity index (χ4n) is 4.06. The van der Waals surface area contributed by atoms with Crippen LogP contribution in [0.1, 0.15) is 56.8 Å². The highest BCUT2D eigenvalue weighted by atomic mass is 31.2. The second-order valence-electron chi connectivity index (χ2n) is 8.55. The van der Waals surface area contributed by atoms with Crippen LogP contribution in [-0.2, 0) is 0 Å². The summed E-state index contributed by atoms with van der Waals surface area (Å²) in [6.45, 7) is 8.27. The number of aromatic nitrogens is 1. The van der Waals surface area contributed by atoms with Crippen molar-refractivity contribution in [3.63, 3.8) is 0 Å². The summed E-state index contributed by atoms with van der Waals surface area (Å²) < 4.78 is 7.40. The minimum atomic E-state index is -2.45. The molecule has 1 fully saturated rings. The summed E-state index contributed by atoms with van der Waals surface area (Å²) in [7, 11) is -2.45. The summed E-state index contributed by atoms with van der Waals surface area (Å²) in [5.41, 5.74) is 0.336. The summed E-state index contributed by atoms with van der Waals surface area (Å²) in [6, 6.07) is 9.68. The number of nitrogens with zero attached hydrogens (tertiary/aromatic N) is 4. The molecule has 0 bridgehead atoms. The van der Waals surface area contributed by atoms with Crippen molar-refractivity contribution in [1.29, 1.82) is 0 Å². The summed E-state index contributed by atoms with van der Waals surface area (Å²) in [5.74, 6) is -0.325. The molecule has 3 rings (SSSR count). The van der Waals surface area contributed by atoms with Gasteiger partial charge in [0.2, 0.25) is 0 Å². The van der Waals surface area contributed by atoms with Crippen molar-refractivity contribution in [2.75, 3.05) is 13.1 Å². The van der Waals surface area contributed by atoms with Gasteiger partial charge in [-0.2, -0.15) is 0 Å². The van der Waals surface area contributed by atoms with Crippen LogP contribution in [0.15, 0.2) is 53.5 Å². The van der Waals surface area contributed by atoms with Crippen LogP contribution >= 0.6 is 7.21 Å². The monoisotopic (exact) mass is 428 g/mol. The average molecular weight is 428 g/mol. The number of rotatable bonds is 4. The lowest BCUT2D eigenvalue weighted by molar-refractivity contribution is -0.384. The van der Waals surface area contributed by atoms with Crippen LogP contribution in [0.4, 0.5) is 5.69 Å². The first-order valence-electron chi connectivity index (χ1n) is 10.3. The molecule has 1 atom stereocenters. The fourth-order valence-corrected chi connectivity index (χ4v) is 8.34. The van der Waals surface area contributed by atoms with Gasteiger partial charge in [-0.3, -0.25) is 24.6 Å². The van der Waals surface area contributed by atoms with Gasteiger partial charge in [-0.05, 0) is 37.1 Å². The van der Waals surface area contributed by atoms with Gasteiger partial charge in [0.25, 0.3) is 11.6 Å². The Labute approximate surface area is 177 Å². The molecule has 0 aliphatic carbocycles. The van der Waals surface area contributed by atoms with Gasteiger partial charge in [0, 0.05) is 53.6 Å². The Kier molecular flexibility index (Phi) is 6.84. The van der Waals surface area contributed by atoms with Gasteiger partial charge < -0.3 is 0 Å². The third-order valence-corrected chi connectivity index (χ3v) is 10.1. The van der Waals surface area contributed by atoms with Crippen LogP contribution in [0.3, 0.4) is 0 Å². The highest BCUT2D eigenvalue weighted by Gasteiger charge is 2.42. The van der Waals surface area contributed by atoms with Gasteiger partial charge in [0.1, 0.15) is 0 Å². The average Bonchev–Trinajstić information content (AvgIpc) is 3.01. The number of carbonyl (C=O) groups excluding carboxylic acids is 1. The fraction of sp³-hybridized carbons (Fsp3) is 0.455. The molecule has 0 radical (unpaired) electrons. The van der Waals surface area contributed by atoms with Crippen LogP contribution in [0, 0.1) is 10.1 Å². The van der Waals surface area contributed by atoms with E-state index >= 15 is 0 Å². The summed E-state index contributed by atoms with van der Waals surface area (Å²) in [5, 5.41) is 11.7. The molecule has 1 amide bonds. The molecule has 1 aliphatic rings. The summed E-state index contributed by atoms with van der Waals surface area (Å²) >= 11 is 0. The number of nitro groups is 1. The van der Waals surface area contributed by atoms with Gasteiger partial charge in [-0.15, -0.1) is 0 Å². The normalized spacial score (nSPS) is 17.6. The number of amides is 1. The van der Waals surface area contributed by atoms with Gasteiger partial charge >= 0.3 is 0 Å². The first kappa shape index (κ1) is 22.3. The standard InChI is InChI=1S/C22H29N4O3P/c1-22(2,3)30(20-12-14-23-15-13-20,25-16-6-4-5-7-17-25)24-21(27)18-8-10-19(11-9-18)26(28)29/h8-15H,4-7,16-17H2,1-3H3/t30-/m0/s1. The van der Waals surface area contributed by atoms with E-state index < -0.39 is 12.1 Å². The summed E-state index contributed by atoms with van der Waals surface area (Å²) in [4.78, 5) is 28.0. The molecule has 0 spiro atoms. The summed E-state index contributed by atoms with van der Waals surface area (Å²) in [6.07, 6.45) is 8.08. The number of benzene rings is 1. The zero-order chi connectivity index (χ0) is 21.8. The van der Waals surface area contributed by atoms with E-state index in [2.05, 4.69) is 30.4 Å². The number of hydrogen-bond donors (Lipinski definition) is 0. The van der Waals surface area contributed by atoms with Crippen molar-refractivity contribution in [2.45, 2.75) is 51.6 Å². The largest absolute Gasteiger partial charge is 0.277 e. The van der Waals surface area contributed by atoms with Crippen LogP contribution < -0.4 is 5.30 Å². The molecule has 0 saturated carbocycles. The molecule has 1 saturated heterocycles. The molecule has 0 N–H and O–H groups in total. The molecular weight excluding hydrogens is 399 g/mol. The van der Waals surface area contributed by atoms with Gasteiger partial charge in [0.05, 0.1) is 12.1 Å². The maximum atomic E-state index is 13.3. The van der Waals surface area contributed by atoms with E-state index in [0.717, 1.165) is 31.2 Å². The predicted octanol–water partition coefficient (Wildman–Crippen LogP) is 5.25. The molecule has 7 nitrogen and oxygen atoms in total. The van der Waals surface area contributed by atoms with Gasteiger partial charge in [0.15, 0.2) is 0 Å². The molecule has 8 heteroatoms. The molecule has 0 unspecified atom stereocenters. The van der Waals surface area contributed by atoms with Gasteiger partial charge in [-0.1, -0.05) is 33.6 Å². The van der Waals surface area contributed by atoms with Crippen LogP contribution in [0.2, 0.25) is 0 Å². The molecule has 2 aromatic rings. The van der Waals surface area contributed by atoms with E-state index in [9.17, 15) is 14.9 Å². The number of non-ortho nitro benzene ring substituents is 1. The molecule has 1 aromatic carbocycles. The number of pyridine rings is 1. The zero-order valence-corrected chi connectivity index (χ0v) is 18.7. The number of carbonyl (C=O) groups is 1. The van der Waals surface area contributed by atoms with Gasteiger partial charge in [-0.25, -0.2) is 4.74 Å². The first-order chi connectivity index (χ1) is 14.3. The van der Waals surface area contributed by atoms with E-state index in [1.54, 1.807) is 12.4 Å². The first-order valence-corrected chi connectivity index (χ1v) is 12.0. The minimum absolute atomic E-state index is 0.0370. The molecule has 2 heterocycles. The zero-order valence-electron chi connectivity index (χ0n) is 17.8. The van der Waals surface area contributed by atoms with E-state index in [1.165, 1.54) is 37.1 Å². The SMILES string of the molecule is CC(C)(C)[P@](=NC(=O)c1ccc([N+](=O)[O-])cc1)(c1ccncc1)N1CCCCCC1. The number of nitro benzene ring substituents is 1. The van der Waals surface area contributed by atoms with Crippen molar-refractivity contribution in [2.24, 2.45) is 4.74 Å². The maximum Gasteiger partial charge on any atom is 0.277 e.